The summed E-state index contributed by atoms with van der Waals surface area (Å²) in [6.45, 7) is 5.88. The van der Waals surface area contributed by atoms with Crippen LogP contribution in [0.4, 0.5) is 5.69 Å². The van der Waals surface area contributed by atoms with Crippen LogP contribution in [0.25, 0.3) is 10.8 Å². The van der Waals surface area contributed by atoms with Crippen molar-refractivity contribution in [3.63, 3.8) is 0 Å². The van der Waals surface area contributed by atoms with Crippen LogP contribution in [0.3, 0.4) is 0 Å². The fourth-order valence-electron chi connectivity index (χ4n) is 3.20. The zero-order chi connectivity index (χ0) is 21.2. The fraction of sp³-hybridized carbons (Fsp3) is 0.273. The first-order valence-electron chi connectivity index (χ1n) is 9.33. The molecule has 7 heteroatoms. The van der Waals surface area contributed by atoms with Crippen molar-refractivity contribution in [1.82, 2.24) is 15.1 Å². The minimum atomic E-state index is -0.424. The minimum absolute atomic E-state index is 0.102. The molecule has 2 amide bonds. The van der Waals surface area contributed by atoms with Gasteiger partial charge >= 0.3 is 0 Å². The number of rotatable bonds is 4. The molecule has 0 saturated carbocycles. The Morgan fingerprint density at radius 2 is 1.62 bits per heavy atom. The van der Waals surface area contributed by atoms with Gasteiger partial charge < -0.3 is 10.6 Å². The maximum atomic E-state index is 12.8. The molecule has 0 unspecified atom stereocenters. The van der Waals surface area contributed by atoms with E-state index in [1.165, 1.54) is 7.05 Å². The van der Waals surface area contributed by atoms with Gasteiger partial charge in [-0.2, -0.15) is 5.10 Å². The third-order valence-corrected chi connectivity index (χ3v) is 4.61. The van der Waals surface area contributed by atoms with Gasteiger partial charge in [-0.15, -0.1) is 0 Å². The summed E-state index contributed by atoms with van der Waals surface area (Å²) in [5, 5.41) is 10.3. The number of anilines is 1. The molecule has 0 radical (unpaired) electrons. The minimum Gasteiger partial charge on any atom is -0.354 e. The van der Waals surface area contributed by atoms with Crippen molar-refractivity contribution < 1.29 is 9.59 Å². The molecule has 1 aromatic heterocycles. The van der Waals surface area contributed by atoms with Crippen LogP contribution in [-0.2, 0) is 16.8 Å². The van der Waals surface area contributed by atoms with E-state index in [0.717, 1.165) is 10.2 Å². The van der Waals surface area contributed by atoms with Gasteiger partial charge in [0.2, 0.25) is 5.91 Å². The van der Waals surface area contributed by atoms with E-state index in [1.54, 1.807) is 24.3 Å². The SMILES string of the molecule is CNC(=O)c1nn(CC(=O)Nc2ccccc2C(C)(C)C)c(=O)c2ccccc12. The van der Waals surface area contributed by atoms with E-state index in [1.807, 2.05) is 24.3 Å². The highest BCUT2D eigenvalue weighted by atomic mass is 16.2. The maximum absolute atomic E-state index is 12.8. The zero-order valence-corrected chi connectivity index (χ0v) is 16.9. The smallest absolute Gasteiger partial charge is 0.275 e. The predicted octanol–water partition coefficient (Wildman–Crippen LogP) is 2.69. The van der Waals surface area contributed by atoms with Crippen LogP contribution in [0.2, 0.25) is 0 Å². The van der Waals surface area contributed by atoms with E-state index in [4.69, 9.17) is 0 Å². The summed E-state index contributed by atoms with van der Waals surface area (Å²) in [5.41, 5.74) is 1.19. The Bertz CT molecular complexity index is 1140. The van der Waals surface area contributed by atoms with Gasteiger partial charge in [0.05, 0.1) is 5.39 Å². The summed E-state index contributed by atoms with van der Waals surface area (Å²) in [5.74, 6) is -0.817. The lowest BCUT2D eigenvalue weighted by Gasteiger charge is -2.23. The zero-order valence-electron chi connectivity index (χ0n) is 16.9. The molecule has 0 atom stereocenters. The Morgan fingerprint density at radius 1 is 1.00 bits per heavy atom. The first-order valence-corrected chi connectivity index (χ1v) is 9.33. The second kappa shape index (κ2) is 7.87. The molecule has 0 aliphatic heterocycles. The van der Waals surface area contributed by atoms with Gasteiger partial charge in [-0.1, -0.05) is 57.2 Å². The average Bonchev–Trinajstić information content (AvgIpc) is 2.69. The summed E-state index contributed by atoms with van der Waals surface area (Å²) in [6.07, 6.45) is 0. The summed E-state index contributed by atoms with van der Waals surface area (Å²) in [4.78, 5) is 37.7. The molecule has 0 saturated heterocycles. The second-order valence-corrected chi connectivity index (χ2v) is 7.78. The molecule has 0 bridgehead atoms. The average molecular weight is 392 g/mol. The van der Waals surface area contributed by atoms with Gasteiger partial charge in [0.25, 0.3) is 11.5 Å². The van der Waals surface area contributed by atoms with Gasteiger partial charge in [-0.05, 0) is 23.1 Å². The van der Waals surface area contributed by atoms with Crippen molar-refractivity contribution >= 4 is 28.3 Å². The van der Waals surface area contributed by atoms with Crippen LogP contribution in [-0.4, -0.2) is 28.6 Å². The highest BCUT2D eigenvalue weighted by Crippen LogP contribution is 2.29. The molecule has 0 spiro atoms. The summed E-state index contributed by atoms with van der Waals surface area (Å²) in [6, 6.07) is 14.3. The Hall–Kier alpha value is -3.48. The van der Waals surface area contributed by atoms with Crippen molar-refractivity contribution in [2.24, 2.45) is 0 Å². The van der Waals surface area contributed by atoms with E-state index >= 15 is 0 Å². The standard InChI is InChI=1S/C22H24N4O3/c1-22(2,3)16-11-7-8-12-17(16)24-18(27)13-26-21(29)15-10-6-5-9-14(15)19(25-26)20(28)23-4/h5-12H,13H2,1-4H3,(H,23,28)(H,24,27). The molecule has 0 aliphatic carbocycles. The highest BCUT2D eigenvalue weighted by molar-refractivity contribution is 6.04. The van der Waals surface area contributed by atoms with E-state index in [0.29, 0.717) is 16.5 Å². The number of para-hydroxylation sites is 1. The third-order valence-electron chi connectivity index (χ3n) is 4.61. The van der Waals surface area contributed by atoms with E-state index in [2.05, 4.69) is 36.5 Å². The number of aromatic nitrogens is 2. The first-order chi connectivity index (χ1) is 13.7. The lowest BCUT2D eigenvalue weighted by Crippen LogP contribution is -2.33. The van der Waals surface area contributed by atoms with Crippen molar-refractivity contribution in [1.29, 1.82) is 0 Å². The number of benzene rings is 2. The quantitative estimate of drug-likeness (QED) is 0.714. The van der Waals surface area contributed by atoms with Gasteiger partial charge in [0.1, 0.15) is 6.54 Å². The summed E-state index contributed by atoms with van der Waals surface area (Å²) in [7, 11) is 1.49. The Kier molecular flexibility index (Phi) is 5.50. The van der Waals surface area contributed by atoms with Crippen LogP contribution in [0.1, 0.15) is 36.8 Å². The lowest BCUT2D eigenvalue weighted by atomic mass is 9.86. The van der Waals surface area contributed by atoms with Crippen molar-refractivity contribution in [2.45, 2.75) is 32.7 Å². The van der Waals surface area contributed by atoms with Crippen molar-refractivity contribution in [3.05, 3.63) is 70.1 Å². The molecule has 1 heterocycles. The normalized spacial score (nSPS) is 11.3. The number of nitrogens with zero attached hydrogens (tertiary/aromatic N) is 2. The Balaban J connectivity index is 1.97. The largest absolute Gasteiger partial charge is 0.354 e. The van der Waals surface area contributed by atoms with Crippen LogP contribution in [0.5, 0.6) is 0 Å². The van der Waals surface area contributed by atoms with E-state index in [-0.39, 0.29) is 17.7 Å². The van der Waals surface area contributed by atoms with Crippen LogP contribution in [0.15, 0.2) is 53.3 Å². The van der Waals surface area contributed by atoms with Gasteiger partial charge in [-0.3, -0.25) is 14.4 Å². The molecule has 29 heavy (non-hydrogen) atoms. The molecule has 0 fully saturated rings. The number of hydrogen-bond acceptors (Lipinski definition) is 4. The number of amides is 2. The first kappa shape index (κ1) is 20.3. The van der Waals surface area contributed by atoms with Crippen LogP contribution >= 0.6 is 0 Å². The van der Waals surface area contributed by atoms with Gasteiger partial charge in [0.15, 0.2) is 5.69 Å². The summed E-state index contributed by atoms with van der Waals surface area (Å²) < 4.78 is 1.03. The topological polar surface area (TPSA) is 93.1 Å². The molecule has 150 valence electrons. The lowest BCUT2D eigenvalue weighted by molar-refractivity contribution is -0.117. The van der Waals surface area contributed by atoms with E-state index < -0.39 is 17.4 Å². The molecule has 3 rings (SSSR count). The van der Waals surface area contributed by atoms with Crippen molar-refractivity contribution in [3.8, 4) is 0 Å². The molecular weight excluding hydrogens is 368 g/mol. The monoisotopic (exact) mass is 392 g/mol. The number of hydrogen-bond donors (Lipinski definition) is 2. The van der Waals surface area contributed by atoms with E-state index in [9.17, 15) is 14.4 Å². The second-order valence-electron chi connectivity index (χ2n) is 7.78. The Labute approximate surface area is 168 Å². The van der Waals surface area contributed by atoms with Crippen LogP contribution in [0, 0.1) is 0 Å². The molecule has 7 nitrogen and oxygen atoms in total. The number of carbonyl (C=O) groups is 2. The number of fused-ring (bicyclic) bond motifs is 1. The molecular formula is C22H24N4O3. The predicted molar refractivity (Wildman–Crippen MR) is 113 cm³/mol. The molecule has 2 N–H and O–H groups in total. The van der Waals surface area contributed by atoms with Crippen molar-refractivity contribution in [2.75, 3.05) is 12.4 Å². The fourth-order valence-corrected chi connectivity index (χ4v) is 3.20. The number of nitrogens with one attached hydrogen (secondary N) is 2. The molecule has 3 aromatic rings. The Morgan fingerprint density at radius 3 is 2.28 bits per heavy atom. The number of carbonyl (C=O) groups excluding carboxylic acids is 2. The maximum Gasteiger partial charge on any atom is 0.275 e. The third kappa shape index (κ3) is 4.18. The van der Waals surface area contributed by atoms with Gasteiger partial charge in [-0.25, -0.2) is 4.68 Å². The molecule has 0 aliphatic rings. The van der Waals surface area contributed by atoms with Crippen LogP contribution < -0.4 is 16.2 Å². The summed E-state index contributed by atoms with van der Waals surface area (Å²) >= 11 is 0. The van der Waals surface area contributed by atoms with Gasteiger partial charge in [0, 0.05) is 18.1 Å². The highest BCUT2D eigenvalue weighted by Gasteiger charge is 2.20. The molecule has 2 aromatic carbocycles.